The third-order valence-corrected chi connectivity index (χ3v) is 3.29. The Bertz CT molecular complexity index is 376. The molecule has 1 N–H and O–H groups in total. The zero-order valence-electron chi connectivity index (χ0n) is 10.0. The molecular weight excluding hydrogens is 266 g/mol. The van der Waals surface area contributed by atoms with Crippen LogP contribution in [-0.2, 0) is 4.79 Å². The first kappa shape index (κ1) is 13.2. The van der Waals surface area contributed by atoms with Gasteiger partial charge in [-0.15, -0.1) is 0 Å². The minimum absolute atomic E-state index is 0.0823. The molecule has 3 heteroatoms. The summed E-state index contributed by atoms with van der Waals surface area (Å²) in [5, 5.41) is 2.92. The summed E-state index contributed by atoms with van der Waals surface area (Å²) in [4.78, 5) is 11.7. The monoisotopic (exact) mass is 283 g/mol. The Kier molecular flexibility index (Phi) is 5.00. The van der Waals surface area contributed by atoms with Crippen molar-refractivity contribution < 1.29 is 4.79 Å². The lowest BCUT2D eigenvalue weighted by Gasteiger charge is -2.10. The van der Waals surface area contributed by atoms with Crippen LogP contribution in [0, 0.1) is 12.8 Å². The first-order chi connectivity index (χ1) is 7.52. The highest BCUT2D eigenvalue weighted by Crippen LogP contribution is 2.23. The highest BCUT2D eigenvalue weighted by atomic mass is 79.9. The topological polar surface area (TPSA) is 29.1 Å². The van der Waals surface area contributed by atoms with Crippen molar-refractivity contribution in [2.24, 2.45) is 5.92 Å². The van der Waals surface area contributed by atoms with Gasteiger partial charge in [0.25, 0.3) is 0 Å². The number of halogens is 1. The molecule has 1 atom stereocenters. The quantitative estimate of drug-likeness (QED) is 0.884. The number of hydrogen-bond acceptors (Lipinski definition) is 1. The summed E-state index contributed by atoms with van der Waals surface area (Å²) in [5.74, 6) is 0.517. The number of carbonyl (C=O) groups excluding carboxylic acids is 1. The van der Waals surface area contributed by atoms with Gasteiger partial charge in [-0.2, -0.15) is 0 Å². The Labute approximate surface area is 106 Å². The second-order valence-corrected chi connectivity index (χ2v) is 5.10. The predicted molar refractivity (Wildman–Crippen MR) is 71.6 cm³/mol. The molecule has 88 valence electrons. The van der Waals surface area contributed by atoms with Crippen LogP contribution in [0.5, 0.6) is 0 Å². The molecule has 2 nitrogen and oxygen atoms in total. The van der Waals surface area contributed by atoms with Crippen molar-refractivity contribution in [1.82, 2.24) is 0 Å². The molecule has 1 unspecified atom stereocenters. The second-order valence-electron chi connectivity index (χ2n) is 4.25. The lowest BCUT2D eigenvalue weighted by Crippen LogP contribution is -2.15. The van der Waals surface area contributed by atoms with Gasteiger partial charge in [0.05, 0.1) is 5.69 Å². The van der Waals surface area contributed by atoms with E-state index in [1.807, 2.05) is 25.1 Å². The van der Waals surface area contributed by atoms with Crippen LogP contribution in [0.15, 0.2) is 22.7 Å². The van der Waals surface area contributed by atoms with E-state index >= 15 is 0 Å². The molecule has 1 amide bonds. The summed E-state index contributed by atoms with van der Waals surface area (Å²) in [6.45, 7) is 6.21. The van der Waals surface area contributed by atoms with Crippen LogP contribution in [0.25, 0.3) is 0 Å². The van der Waals surface area contributed by atoms with Crippen LogP contribution in [0.2, 0.25) is 0 Å². The standard InChI is InChI=1S/C13H18BrNO/c1-4-9(2)8-13(16)15-12-6-5-10(3)7-11(12)14/h5-7,9H,4,8H2,1-3H3,(H,15,16). The Balaban J connectivity index is 2.63. The molecule has 0 aliphatic carbocycles. The zero-order chi connectivity index (χ0) is 12.1. The Hall–Kier alpha value is -0.830. The number of rotatable bonds is 4. The van der Waals surface area contributed by atoms with E-state index in [0.717, 1.165) is 16.6 Å². The number of benzene rings is 1. The van der Waals surface area contributed by atoms with Gasteiger partial charge >= 0.3 is 0 Å². The van der Waals surface area contributed by atoms with Gasteiger partial charge in [0.2, 0.25) is 5.91 Å². The summed E-state index contributed by atoms with van der Waals surface area (Å²) in [7, 11) is 0. The van der Waals surface area contributed by atoms with E-state index < -0.39 is 0 Å². The van der Waals surface area contributed by atoms with Crippen LogP contribution in [0.3, 0.4) is 0 Å². The van der Waals surface area contributed by atoms with Crippen molar-refractivity contribution in [2.45, 2.75) is 33.6 Å². The first-order valence-corrected chi connectivity index (χ1v) is 6.38. The van der Waals surface area contributed by atoms with Gasteiger partial charge in [-0.25, -0.2) is 0 Å². The number of carbonyl (C=O) groups is 1. The van der Waals surface area contributed by atoms with Crippen LogP contribution >= 0.6 is 15.9 Å². The molecule has 0 spiro atoms. The summed E-state index contributed by atoms with van der Waals surface area (Å²) < 4.78 is 0.935. The number of nitrogens with one attached hydrogen (secondary N) is 1. The van der Waals surface area contributed by atoms with E-state index in [-0.39, 0.29) is 5.91 Å². The normalized spacial score (nSPS) is 12.2. The molecule has 1 aromatic carbocycles. The lowest BCUT2D eigenvalue weighted by molar-refractivity contribution is -0.117. The van der Waals surface area contributed by atoms with Crippen LogP contribution in [0.1, 0.15) is 32.3 Å². The number of amides is 1. The fourth-order valence-corrected chi connectivity index (χ4v) is 1.98. The van der Waals surface area contributed by atoms with E-state index in [1.54, 1.807) is 0 Å². The van der Waals surface area contributed by atoms with Crippen molar-refractivity contribution in [3.63, 3.8) is 0 Å². The minimum atomic E-state index is 0.0823. The molecule has 0 bridgehead atoms. The molecule has 0 radical (unpaired) electrons. The van der Waals surface area contributed by atoms with Crippen LogP contribution in [0.4, 0.5) is 5.69 Å². The van der Waals surface area contributed by atoms with E-state index in [0.29, 0.717) is 12.3 Å². The fraction of sp³-hybridized carbons (Fsp3) is 0.462. The van der Waals surface area contributed by atoms with E-state index in [1.165, 1.54) is 5.56 Å². The maximum absolute atomic E-state index is 11.7. The average molecular weight is 284 g/mol. The Morgan fingerprint density at radius 1 is 1.50 bits per heavy atom. The molecule has 0 saturated heterocycles. The number of anilines is 1. The van der Waals surface area contributed by atoms with E-state index in [4.69, 9.17) is 0 Å². The third kappa shape index (κ3) is 3.97. The van der Waals surface area contributed by atoms with Gasteiger partial charge in [-0.3, -0.25) is 4.79 Å². The molecule has 1 aromatic rings. The first-order valence-electron chi connectivity index (χ1n) is 5.59. The average Bonchev–Trinajstić information content (AvgIpc) is 2.22. The summed E-state index contributed by atoms with van der Waals surface area (Å²) in [6.07, 6.45) is 1.61. The predicted octanol–water partition coefficient (Wildman–Crippen LogP) is 4.13. The highest BCUT2D eigenvalue weighted by molar-refractivity contribution is 9.10. The molecule has 0 aromatic heterocycles. The Morgan fingerprint density at radius 3 is 2.75 bits per heavy atom. The lowest BCUT2D eigenvalue weighted by atomic mass is 10.1. The summed E-state index contributed by atoms with van der Waals surface area (Å²) in [6, 6.07) is 5.91. The van der Waals surface area contributed by atoms with Crippen LogP contribution in [-0.4, -0.2) is 5.91 Å². The second kappa shape index (κ2) is 6.04. The number of aryl methyl sites for hydroxylation is 1. The molecular formula is C13H18BrNO. The maximum Gasteiger partial charge on any atom is 0.224 e. The van der Waals surface area contributed by atoms with Gasteiger partial charge in [-0.05, 0) is 46.5 Å². The van der Waals surface area contributed by atoms with Crippen molar-refractivity contribution in [3.05, 3.63) is 28.2 Å². The molecule has 0 aliphatic heterocycles. The Morgan fingerprint density at radius 2 is 2.19 bits per heavy atom. The SMILES string of the molecule is CCC(C)CC(=O)Nc1ccc(C)cc1Br. The van der Waals surface area contributed by atoms with Crippen molar-refractivity contribution in [3.8, 4) is 0 Å². The molecule has 0 aliphatic rings. The zero-order valence-corrected chi connectivity index (χ0v) is 11.6. The molecule has 0 heterocycles. The minimum Gasteiger partial charge on any atom is -0.325 e. The van der Waals surface area contributed by atoms with Gasteiger partial charge < -0.3 is 5.32 Å². The summed E-state index contributed by atoms with van der Waals surface area (Å²) in [5.41, 5.74) is 2.02. The van der Waals surface area contributed by atoms with Crippen molar-refractivity contribution in [1.29, 1.82) is 0 Å². The van der Waals surface area contributed by atoms with E-state index in [2.05, 4.69) is 35.1 Å². The molecule has 0 saturated carbocycles. The third-order valence-electron chi connectivity index (χ3n) is 2.63. The smallest absolute Gasteiger partial charge is 0.224 e. The molecule has 1 rings (SSSR count). The van der Waals surface area contributed by atoms with Crippen molar-refractivity contribution in [2.75, 3.05) is 5.32 Å². The van der Waals surface area contributed by atoms with Crippen LogP contribution < -0.4 is 5.32 Å². The molecule has 0 fully saturated rings. The maximum atomic E-state index is 11.7. The highest BCUT2D eigenvalue weighted by Gasteiger charge is 2.09. The van der Waals surface area contributed by atoms with Crippen molar-refractivity contribution >= 4 is 27.5 Å². The van der Waals surface area contributed by atoms with Gasteiger partial charge in [-0.1, -0.05) is 26.3 Å². The van der Waals surface area contributed by atoms with E-state index in [9.17, 15) is 4.79 Å². The largest absolute Gasteiger partial charge is 0.325 e. The van der Waals surface area contributed by atoms with Gasteiger partial charge in [0.15, 0.2) is 0 Å². The van der Waals surface area contributed by atoms with Gasteiger partial charge in [0.1, 0.15) is 0 Å². The number of hydrogen-bond donors (Lipinski definition) is 1. The summed E-state index contributed by atoms with van der Waals surface area (Å²) >= 11 is 3.44. The fourth-order valence-electron chi connectivity index (χ4n) is 1.38. The van der Waals surface area contributed by atoms with Gasteiger partial charge in [0, 0.05) is 10.9 Å². The molecule has 16 heavy (non-hydrogen) atoms.